The zero-order chi connectivity index (χ0) is 17.9. The zero-order valence-electron chi connectivity index (χ0n) is 14.8. The van der Waals surface area contributed by atoms with E-state index in [4.69, 9.17) is 9.47 Å². The van der Waals surface area contributed by atoms with Crippen molar-refractivity contribution in [2.45, 2.75) is 11.8 Å². The van der Waals surface area contributed by atoms with Gasteiger partial charge in [0.15, 0.2) is 11.5 Å². The minimum atomic E-state index is 0.463. The molecule has 0 radical (unpaired) electrons. The summed E-state index contributed by atoms with van der Waals surface area (Å²) in [4.78, 5) is 1.30. The van der Waals surface area contributed by atoms with Gasteiger partial charge in [-0.05, 0) is 47.7 Å². The van der Waals surface area contributed by atoms with Gasteiger partial charge >= 0.3 is 0 Å². The third kappa shape index (κ3) is 6.24. The number of nitrogens with one attached hydrogen (secondary N) is 1. The number of benzene rings is 2. The molecule has 0 bridgehead atoms. The Morgan fingerprint density at radius 1 is 1.12 bits per heavy atom. The van der Waals surface area contributed by atoms with Gasteiger partial charge < -0.3 is 14.8 Å². The molecule has 3 nitrogen and oxygen atoms in total. The van der Waals surface area contributed by atoms with E-state index in [1.165, 1.54) is 4.90 Å². The first-order valence-corrected chi connectivity index (χ1v) is 9.30. The molecule has 2 rings (SSSR count). The fraction of sp³-hybridized carbons (Fsp3) is 0.238. The zero-order valence-corrected chi connectivity index (χ0v) is 15.6. The Morgan fingerprint density at radius 2 is 1.92 bits per heavy atom. The first kappa shape index (κ1) is 19.0. The molecule has 0 aliphatic carbocycles. The third-order valence-corrected chi connectivity index (χ3v) is 4.34. The van der Waals surface area contributed by atoms with Crippen LogP contribution in [0.3, 0.4) is 0 Å². The molecule has 0 saturated carbocycles. The van der Waals surface area contributed by atoms with Crippen LogP contribution in [0.5, 0.6) is 11.5 Å². The topological polar surface area (TPSA) is 30.5 Å². The lowest BCUT2D eigenvalue weighted by Crippen LogP contribution is -1.98. The van der Waals surface area contributed by atoms with Crippen LogP contribution in [-0.4, -0.2) is 26.0 Å². The van der Waals surface area contributed by atoms with Crippen molar-refractivity contribution in [2.75, 3.05) is 31.3 Å². The summed E-state index contributed by atoms with van der Waals surface area (Å²) in [6.07, 6.45) is 5.87. The predicted molar refractivity (Wildman–Crippen MR) is 109 cm³/mol. The lowest BCUT2D eigenvalue weighted by molar-refractivity contribution is 0.326. The Morgan fingerprint density at radius 3 is 2.60 bits per heavy atom. The summed E-state index contributed by atoms with van der Waals surface area (Å²) in [5.74, 6) is 2.54. The van der Waals surface area contributed by atoms with Gasteiger partial charge in [0.2, 0.25) is 0 Å². The molecular formula is C21H25NO2S. The van der Waals surface area contributed by atoms with Crippen LogP contribution in [0.1, 0.15) is 12.5 Å². The first-order valence-electron chi connectivity index (χ1n) is 8.31. The number of hydrogen-bond acceptors (Lipinski definition) is 4. The van der Waals surface area contributed by atoms with Gasteiger partial charge in [-0.2, -0.15) is 0 Å². The Balaban J connectivity index is 1.89. The largest absolute Gasteiger partial charge is 0.493 e. The Labute approximate surface area is 154 Å². The number of ether oxygens (including phenoxy) is 2. The van der Waals surface area contributed by atoms with Crippen molar-refractivity contribution < 1.29 is 9.47 Å². The van der Waals surface area contributed by atoms with E-state index >= 15 is 0 Å². The van der Waals surface area contributed by atoms with Gasteiger partial charge in [0, 0.05) is 17.1 Å². The highest BCUT2D eigenvalue weighted by molar-refractivity contribution is 7.99. The van der Waals surface area contributed by atoms with Crippen molar-refractivity contribution in [3.63, 3.8) is 0 Å². The van der Waals surface area contributed by atoms with Crippen LogP contribution in [0.2, 0.25) is 0 Å². The maximum absolute atomic E-state index is 5.56. The van der Waals surface area contributed by atoms with Crippen LogP contribution < -0.4 is 14.8 Å². The maximum atomic E-state index is 5.56. The molecule has 0 unspecified atom stereocenters. The van der Waals surface area contributed by atoms with Crippen molar-refractivity contribution in [2.24, 2.45) is 0 Å². The van der Waals surface area contributed by atoms with E-state index in [-0.39, 0.29) is 0 Å². The fourth-order valence-corrected chi connectivity index (χ4v) is 2.93. The van der Waals surface area contributed by atoms with Crippen LogP contribution in [0, 0.1) is 0 Å². The van der Waals surface area contributed by atoms with Crippen LogP contribution in [-0.2, 0) is 0 Å². The van der Waals surface area contributed by atoms with Gasteiger partial charge in [0.25, 0.3) is 0 Å². The van der Waals surface area contributed by atoms with Crippen LogP contribution in [0.15, 0.2) is 66.1 Å². The molecule has 2 aromatic rings. The molecule has 4 heteroatoms. The molecule has 2 aromatic carbocycles. The molecule has 0 aliphatic rings. The normalized spacial score (nSPS) is 10.6. The molecule has 1 N–H and O–H groups in total. The fourth-order valence-electron chi connectivity index (χ4n) is 2.26. The van der Waals surface area contributed by atoms with E-state index < -0.39 is 0 Å². The summed E-state index contributed by atoms with van der Waals surface area (Å²) in [5, 5.41) is 3.39. The van der Waals surface area contributed by atoms with Gasteiger partial charge in [-0.25, -0.2) is 0 Å². The van der Waals surface area contributed by atoms with Crippen LogP contribution in [0.25, 0.3) is 6.08 Å². The lowest BCUT2D eigenvalue weighted by Gasteiger charge is -2.09. The Kier molecular flexibility index (Phi) is 7.99. The molecule has 132 valence electrons. The number of anilines is 1. The van der Waals surface area contributed by atoms with E-state index in [1.807, 2.05) is 30.0 Å². The number of hydrogen-bond donors (Lipinski definition) is 1. The standard InChI is InChI=1S/C21H25NO2S/c1-4-15-24-20-13-8-17(16-21(20)23-3)7-6-14-22-18-9-11-19(12-10-18)25-5-2/h4,6-13,16,22H,1,5,14-15H2,2-3H3/b7-6+. The van der Waals surface area contributed by atoms with Crippen molar-refractivity contribution in [3.05, 3.63) is 66.8 Å². The predicted octanol–water partition coefficient (Wildman–Crippen LogP) is 5.50. The molecule has 0 aliphatic heterocycles. The highest BCUT2D eigenvalue weighted by Crippen LogP contribution is 2.28. The minimum Gasteiger partial charge on any atom is -0.493 e. The van der Waals surface area contributed by atoms with Gasteiger partial charge in [-0.15, -0.1) is 11.8 Å². The number of methoxy groups -OCH3 is 1. The average Bonchev–Trinajstić information content (AvgIpc) is 2.65. The van der Waals surface area contributed by atoms with Crippen LogP contribution in [0.4, 0.5) is 5.69 Å². The van der Waals surface area contributed by atoms with E-state index in [1.54, 1.807) is 13.2 Å². The number of rotatable bonds is 10. The molecule has 0 heterocycles. The summed E-state index contributed by atoms with van der Waals surface area (Å²) in [5.41, 5.74) is 2.19. The van der Waals surface area contributed by atoms with Crippen molar-refractivity contribution >= 4 is 23.5 Å². The highest BCUT2D eigenvalue weighted by atomic mass is 32.2. The van der Waals surface area contributed by atoms with E-state index in [0.29, 0.717) is 6.61 Å². The van der Waals surface area contributed by atoms with Gasteiger partial charge in [-0.3, -0.25) is 0 Å². The van der Waals surface area contributed by atoms with Gasteiger partial charge in [-0.1, -0.05) is 37.8 Å². The molecule has 0 amide bonds. The molecule has 0 fully saturated rings. The second kappa shape index (κ2) is 10.5. The smallest absolute Gasteiger partial charge is 0.161 e. The van der Waals surface area contributed by atoms with E-state index in [0.717, 1.165) is 35.0 Å². The molecule has 0 saturated heterocycles. The molecule has 0 atom stereocenters. The summed E-state index contributed by atoms with van der Waals surface area (Å²) in [6, 6.07) is 14.4. The quantitative estimate of drug-likeness (QED) is 0.450. The second-order valence-electron chi connectivity index (χ2n) is 5.25. The molecule has 0 spiro atoms. The number of thioether (sulfide) groups is 1. The van der Waals surface area contributed by atoms with Crippen LogP contribution >= 0.6 is 11.8 Å². The maximum Gasteiger partial charge on any atom is 0.161 e. The van der Waals surface area contributed by atoms with Gasteiger partial charge in [0.05, 0.1) is 7.11 Å². The molecular weight excluding hydrogens is 330 g/mol. The first-order chi connectivity index (χ1) is 12.3. The summed E-state index contributed by atoms with van der Waals surface area (Å²) < 4.78 is 10.9. The van der Waals surface area contributed by atoms with Gasteiger partial charge in [0.1, 0.15) is 6.61 Å². The molecule has 0 aromatic heterocycles. The van der Waals surface area contributed by atoms with Crippen molar-refractivity contribution in [1.82, 2.24) is 0 Å². The Hall–Kier alpha value is -2.33. The SMILES string of the molecule is C=CCOc1ccc(/C=C/CNc2ccc(SCC)cc2)cc1OC. The second-order valence-corrected chi connectivity index (χ2v) is 6.59. The van der Waals surface area contributed by atoms with E-state index in [2.05, 4.69) is 55.2 Å². The molecule has 25 heavy (non-hydrogen) atoms. The average molecular weight is 356 g/mol. The third-order valence-electron chi connectivity index (χ3n) is 3.44. The van der Waals surface area contributed by atoms with Crippen molar-refractivity contribution in [1.29, 1.82) is 0 Å². The summed E-state index contributed by atoms with van der Waals surface area (Å²) in [6.45, 7) is 7.04. The Bertz CT molecular complexity index is 696. The summed E-state index contributed by atoms with van der Waals surface area (Å²) in [7, 11) is 1.64. The minimum absolute atomic E-state index is 0.463. The van der Waals surface area contributed by atoms with E-state index in [9.17, 15) is 0 Å². The summed E-state index contributed by atoms with van der Waals surface area (Å²) >= 11 is 1.85. The highest BCUT2D eigenvalue weighted by Gasteiger charge is 2.03. The van der Waals surface area contributed by atoms with Crippen molar-refractivity contribution in [3.8, 4) is 11.5 Å². The monoisotopic (exact) mass is 355 g/mol. The lowest BCUT2D eigenvalue weighted by atomic mass is 10.2.